The molecule has 0 spiro atoms. The minimum absolute atomic E-state index is 0.0303. The highest BCUT2D eigenvalue weighted by Gasteiger charge is 2.42. The normalized spacial score (nSPS) is 24.3. The van der Waals surface area contributed by atoms with Gasteiger partial charge in [-0.15, -0.1) is 0 Å². The molecule has 2 saturated heterocycles. The van der Waals surface area contributed by atoms with E-state index in [1.54, 1.807) is 18.2 Å². The second-order valence-corrected chi connectivity index (χ2v) is 9.67. The van der Waals surface area contributed by atoms with Gasteiger partial charge in [-0.25, -0.2) is 8.42 Å². The van der Waals surface area contributed by atoms with E-state index in [2.05, 4.69) is 0 Å². The molecule has 1 N–H and O–H groups in total. The average molecular weight is 400 g/mol. The minimum Gasteiger partial charge on any atom is -0.504 e. The Morgan fingerprint density at radius 3 is 2.88 bits per heavy atom. The number of sulfone groups is 1. The predicted octanol–water partition coefficient (Wildman–Crippen LogP) is 2.18. The van der Waals surface area contributed by atoms with Crippen molar-refractivity contribution in [3.05, 3.63) is 28.7 Å². The Kier molecular flexibility index (Phi) is 5.08. The maximum Gasteiger partial charge on any atom is 0.266 e. The van der Waals surface area contributed by atoms with Crippen LogP contribution >= 0.6 is 24.0 Å². The molecule has 0 aromatic heterocycles. The van der Waals surface area contributed by atoms with Crippen LogP contribution in [0.25, 0.3) is 6.08 Å². The number of amides is 1. The molecule has 6 nitrogen and oxygen atoms in total. The number of hydrogen-bond donors (Lipinski definition) is 1. The summed E-state index contributed by atoms with van der Waals surface area (Å²) in [6, 6.07) is 4.43. The molecule has 3 rings (SSSR count). The third-order valence-corrected chi connectivity index (χ3v) is 7.06. The van der Waals surface area contributed by atoms with Gasteiger partial charge in [-0.2, -0.15) is 0 Å². The van der Waals surface area contributed by atoms with Crippen LogP contribution in [-0.4, -0.2) is 52.8 Å². The van der Waals surface area contributed by atoms with Gasteiger partial charge in [-0.3, -0.25) is 9.69 Å². The molecule has 25 heavy (non-hydrogen) atoms. The number of nitrogens with zero attached hydrogens (tertiary/aromatic N) is 1. The lowest BCUT2D eigenvalue weighted by atomic mass is 10.1. The van der Waals surface area contributed by atoms with Crippen LogP contribution in [0.5, 0.6) is 11.5 Å². The molecule has 134 valence electrons. The van der Waals surface area contributed by atoms with Crippen LogP contribution in [0.2, 0.25) is 0 Å². The zero-order chi connectivity index (χ0) is 18.2. The fourth-order valence-corrected chi connectivity index (χ4v) is 5.92. The molecule has 1 amide bonds. The molecular formula is C16H17NO5S3. The molecule has 2 aliphatic heterocycles. The Labute approximate surface area is 155 Å². The van der Waals surface area contributed by atoms with Crippen molar-refractivity contribution in [3.8, 4) is 11.5 Å². The predicted molar refractivity (Wildman–Crippen MR) is 101 cm³/mol. The van der Waals surface area contributed by atoms with Gasteiger partial charge >= 0.3 is 0 Å². The number of thiocarbonyl (C=S) groups is 1. The Balaban J connectivity index is 1.84. The van der Waals surface area contributed by atoms with Crippen molar-refractivity contribution in [2.45, 2.75) is 19.4 Å². The minimum atomic E-state index is -3.10. The number of carbonyl (C=O) groups is 1. The van der Waals surface area contributed by atoms with E-state index in [4.69, 9.17) is 17.0 Å². The van der Waals surface area contributed by atoms with Crippen LogP contribution in [0.1, 0.15) is 18.9 Å². The van der Waals surface area contributed by atoms with Crippen LogP contribution in [-0.2, 0) is 14.6 Å². The highest BCUT2D eigenvalue weighted by atomic mass is 32.2. The van der Waals surface area contributed by atoms with Crippen molar-refractivity contribution in [2.75, 3.05) is 18.1 Å². The molecule has 9 heteroatoms. The number of phenols is 1. The number of rotatable bonds is 4. The number of phenolic OH excluding ortho intramolecular Hbond substituents is 1. The standard InChI is InChI=1S/C16H17NO5S3/c1-2-22-13-7-10(3-4-12(13)18)8-14-15(19)17(16(23)24-14)11-5-6-25(20,21)9-11/h3-4,7-8,11,18H,2,5-6,9H2,1H3. The maximum atomic E-state index is 12.7. The summed E-state index contributed by atoms with van der Waals surface area (Å²) in [4.78, 5) is 14.5. The van der Waals surface area contributed by atoms with Crippen molar-refractivity contribution in [2.24, 2.45) is 0 Å². The first-order valence-electron chi connectivity index (χ1n) is 7.74. The molecule has 1 aromatic carbocycles. The third-order valence-electron chi connectivity index (χ3n) is 3.98. The zero-order valence-electron chi connectivity index (χ0n) is 13.5. The maximum absolute atomic E-state index is 12.7. The second-order valence-electron chi connectivity index (χ2n) is 5.77. The summed E-state index contributed by atoms with van der Waals surface area (Å²) >= 11 is 6.44. The van der Waals surface area contributed by atoms with Gasteiger partial charge in [0, 0.05) is 0 Å². The third kappa shape index (κ3) is 3.83. The molecule has 1 atom stereocenters. The molecule has 0 radical (unpaired) electrons. The number of ether oxygens (including phenoxy) is 1. The van der Waals surface area contributed by atoms with Crippen molar-refractivity contribution in [1.82, 2.24) is 4.90 Å². The van der Waals surface area contributed by atoms with Crippen LogP contribution in [0.3, 0.4) is 0 Å². The lowest BCUT2D eigenvalue weighted by Crippen LogP contribution is -2.39. The van der Waals surface area contributed by atoms with Gasteiger partial charge in [0.05, 0.1) is 29.1 Å². The number of thioether (sulfide) groups is 1. The molecule has 2 heterocycles. The smallest absolute Gasteiger partial charge is 0.266 e. The highest BCUT2D eigenvalue weighted by Crippen LogP contribution is 2.37. The molecule has 2 fully saturated rings. The van der Waals surface area contributed by atoms with Crippen molar-refractivity contribution >= 4 is 50.1 Å². The van der Waals surface area contributed by atoms with Gasteiger partial charge in [0.1, 0.15) is 4.32 Å². The van der Waals surface area contributed by atoms with Gasteiger partial charge in [0.25, 0.3) is 5.91 Å². The Bertz CT molecular complexity index is 863. The van der Waals surface area contributed by atoms with Crippen molar-refractivity contribution in [1.29, 1.82) is 0 Å². The summed E-state index contributed by atoms with van der Waals surface area (Å²) in [6.07, 6.45) is 2.08. The first kappa shape index (κ1) is 18.2. The van der Waals surface area contributed by atoms with Gasteiger partial charge < -0.3 is 9.84 Å². The van der Waals surface area contributed by atoms with E-state index < -0.39 is 9.84 Å². The summed E-state index contributed by atoms with van der Waals surface area (Å²) in [7, 11) is -3.10. The largest absolute Gasteiger partial charge is 0.504 e. The fraction of sp³-hybridized carbons (Fsp3) is 0.375. The van der Waals surface area contributed by atoms with Crippen molar-refractivity contribution < 1.29 is 23.1 Å². The number of hydrogen-bond acceptors (Lipinski definition) is 7. The average Bonchev–Trinajstić information content (AvgIpc) is 3.02. The first-order chi connectivity index (χ1) is 11.8. The number of carbonyl (C=O) groups excluding carboxylic acids is 1. The van der Waals surface area contributed by atoms with Crippen molar-refractivity contribution in [3.63, 3.8) is 0 Å². The molecule has 2 aliphatic rings. The van der Waals surface area contributed by atoms with Crippen LogP contribution in [0, 0.1) is 0 Å². The SMILES string of the molecule is CCOc1cc(C=C2SC(=S)N(C3CCS(=O)(=O)C3)C2=O)ccc1O. The fourth-order valence-electron chi connectivity index (χ4n) is 2.82. The van der Waals surface area contributed by atoms with E-state index in [9.17, 15) is 18.3 Å². The first-order valence-corrected chi connectivity index (χ1v) is 10.8. The summed E-state index contributed by atoms with van der Waals surface area (Å²) in [5.74, 6) is 0.142. The Hall–Kier alpha value is -1.58. The molecule has 0 aliphatic carbocycles. The van der Waals surface area contributed by atoms with E-state index >= 15 is 0 Å². The molecule has 1 unspecified atom stereocenters. The van der Waals surface area contributed by atoms with Gasteiger partial charge in [0.2, 0.25) is 0 Å². The summed E-state index contributed by atoms with van der Waals surface area (Å²) in [6.45, 7) is 2.22. The topological polar surface area (TPSA) is 83.9 Å². The summed E-state index contributed by atoms with van der Waals surface area (Å²) in [5, 5.41) is 9.75. The van der Waals surface area contributed by atoms with Crippen LogP contribution < -0.4 is 4.74 Å². The van der Waals surface area contributed by atoms with E-state index in [0.717, 1.165) is 11.8 Å². The molecule has 0 saturated carbocycles. The van der Waals surface area contributed by atoms with E-state index in [1.165, 1.54) is 11.0 Å². The lowest BCUT2D eigenvalue weighted by molar-refractivity contribution is -0.123. The van der Waals surface area contributed by atoms with Gasteiger partial charge in [-0.1, -0.05) is 30.0 Å². The molecular weight excluding hydrogens is 382 g/mol. The number of aromatic hydroxyl groups is 1. The molecule has 1 aromatic rings. The van der Waals surface area contributed by atoms with Crippen LogP contribution in [0.4, 0.5) is 0 Å². The van der Waals surface area contributed by atoms with Gasteiger partial charge in [0.15, 0.2) is 21.3 Å². The zero-order valence-corrected chi connectivity index (χ0v) is 15.9. The van der Waals surface area contributed by atoms with Gasteiger partial charge in [-0.05, 0) is 37.1 Å². The second kappa shape index (κ2) is 6.97. The lowest BCUT2D eigenvalue weighted by Gasteiger charge is -2.20. The summed E-state index contributed by atoms with van der Waals surface area (Å²) < 4.78 is 29.1. The quantitative estimate of drug-likeness (QED) is 0.614. The summed E-state index contributed by atoms with van der Waals surface area (Å²) in [5.41, 5.74) is 0.695. The monoisotopic (exact) mass is 399 g/mol. The van der Waals surface area contributed by atoms with Crippen LogP contribution in [0.15, 0.2) is 23.1 Å². The Morgan fingerprint density at radius 1 is 1.48 bits per heavy atom. The molecule has 0 bridgehead atoms. The van der Waals surface area contributed by atoms with E-state index in [0.29, 0.717) is 33.6 Å². The Morgan fingerprint density at radius 2 is 2.24 bits per heavy atom. The number of benzene rings is 1. The van der Waals surface area contributed by atoms with E-state index in [-0.39, 0.29) is 29.2 Å². The highest BCUT2D eigenvalue weighted by molar-refractivity contribution is 8.26. The van der Waals surface area contributed by atoms with E-state index in [1.807, 2.05) is 6.92 Å².